The highest BCUT2D eigenvalue weighted by atomic mass is 15.1. The van der Waals surface area contributed by atoms with Crippen molar-refractivity contribution >= 4 is 5.69 Å². The number of hydrogen-bond acceptors (Lipinski definition) is 2. The molecular formula is C15H20N2. The van der Waals surface area contributed by atoms with Gasteiger partial charge in [-0.15, -0.1) is 0 Å². The first-order chi connectivity index (χ1) is 8.20. The molecule has 0 bridgehead atoms. The maximum absolute atomic E-state index is 8.94. The number of nitrogens with zero attached hydrogens (tertiary/aromatic N) is 2. The third-order valence-corrected chi connectivity index (χ3v) is 3.71. The first-order valence-electron chi connectivity index (χ1n) is 6.46. The number of anilines is 1. The maximum atomic E-state index is 8.94. The Bertz CT molecular complexity index is 431. The Balaban J connectivity index is 2.17. The van der Waals surface area contributed by atoms with E-state index in [2.05, 4.69) is 30.0 Å². The average Bonchev–Trinajstić information content (AvgIpc) is 2.54. The number of hydrogen-bond donors (Lipinski definition) is 0. The van der Waals surface area contributed by atoms with Crippen LogP contribution in [0.25, 0.3) is 0 Å². The molecule has 1 heterocycles. The van der Waals surface area contributed by atoms with E-state index in [1.165, 1.54) is 24.9 Å². The number of benzene rings is 1. The maximum Gasteiger partial charge on any atom is 0.0994 e. The molecule has 2 nitrogen and oxygen atoms in total. The van der Waals surface area contributed by atoms with Crippen molar-refractivity contribution in [2.75, 3.05) is 18.0 Å². The van der Waals surface area contributed by atoms with Crippen molar-refractivity contribution in [2.24, 2.45) is 5.92 Å². The molecule has 1 aliphatic heterocycles. The van der Waals surface area contributed by atoms with Crippen LogP contribution in [0.4, 0.5) is 5.69 Å². The summed E-state index contributed by atoms with van der Waals surface area (Å²) in [7, 11) is 0. The third-order valence-electron chi connectivity index (χ3n) is 3.71. The van der Waals surface area contributed by atoms with Gasteiger partial charge in [0, 0.05) is 18.8 Å². The molecule has 0 aliphatic carbocycles. The van der Waals surface area contributed by atoms with Crippen LogP contribution < -0.4 is 4.90 Å². The monoisotopic (exact) mass is 228 g/mol. The lowest BCUT2D eigenvalue weighted by Crippen LogP contribution is -2.24. The van der Waals surface area contributed by atoms with Crippen molar-refractivity contribution in [3.8, 4) is 6.07 Å². The van der Waals surface area contributed by atoms with Crippen LogP contribution in [0.1, 0.15) is 37.3 Å². The Labute approximate surface area is 104 Å². The van der Waals surface area contributed by atoms with E-state index < -0.39 is 0 Å². The number of rotatable bonds is 1. The van der Waals surface area contributed by atoms with E-state index in [0.29, 0.717) is 0 Å². The summed E-state index contributed by atoms with van der Waals surface area (Å²) in [6, 6.07) is 8.40. The zero-order chi connectivity index (χ0) is 12.3. The van der Waals surface area contributed by atoms with Gasteiger partial charge in [-0.2, -0.15) is 5.26 Å². The van der Waals surface area contributed by atoms with Crippen molar-refractivity contribution in [3.05, 3.63) is 29.3 Å². The fraction of sp³-hybridized carbons (Fsp3) is 0.533. The Morgan fingerprint density at radius 2 is 2.12 bits per heavy atom. The summed E-state index contributed by atoms with van der Waals surface area (Å²) in [5.41, 5.74) is 3.15. The predicted octanol–water partition coefficient (Wildman–Crippen LogP) is 3.49. The molecule has 2 heteroatoms. The van der Waals surface area contributed by atoms with Gasteiger partial charge in [0.15, 0.2) is 0 Å². The predicted molar refractivity (Wildman–Crippen MR) is 71.1 cm³/mol. The van der Waals surface area contributed by atoms with Crippen LogP contribution in [-0.2, 0) is 0 Å². The zero-order valence-electron chi connectivity index (χ0n) is 10.7. The second-order valence-electron chi connectivity index (χ2n) is 5.13. The average molecular weight is 228 g/mol. The first-order valence-corrected chi connectivity index (χ1v) is 6.46. The molecule has 1 aliphatic rings. The summed E-state index contributed by atoms with van der Waals surface area (Å²) in [4.78, 5) is 2.46. The molecule has 0 amide bonds. The van der Waals surface area contributed by atoms with Crippen LogP contribution in [0.5, 0.6) is 0 Å². The van der Waals surface area contributed by atoms with Gasteiger partial charge in [-0.3, -0.25) is 0 Å². The van der Waals surface area contributed by atoms with Crippen molar-refractivity contribution < 1.29 is 0 Å². The van der Waals surface area contributed by atoms with E-state index in [0.717, 1.165) is 30.1 Å². The van der Waals surface area contributed by atoms with Gasteiger partial charge >= 0.3 is 0 Å². The molecule has 0 radical (unpaired) electrons. The summed E-state index contributed by atoms with van der Waals surface area (Å²) in [5, 5.41) is 8.94. The Kier molecular flexibility index (Phi) is 3.68. The highest BCUT2D eigenvalue weighted by Crippen LogP contribution is 2.24. The van der Waals surface area contributed by atoms with Gasteiger partial charge < -0.3 is 4.90 Å². The van der Waals surface area contributed by atoms with Gasteiger partial charge in [0.1, 0.15) is 0 Å². The zero-order valence-corrected chi connectivity index (χ0v) is 10.7. The summed E-state index contributed by atoms with van der Waals surface area (Å²) in [5.74, 6) is 0.847. The van der Waals surface area contributed by atoms with Crippen molar-refractivity contribution in [3.63, 3.8) is 0 Å². The van der Waals surface area contributed by atoms with Gasteiger partial charge in [0.25, 0.3) is 0 Å². The molecule has 1 aromatic rings. The SMILES string of the molecule is Cc1cc(N2CCCC(C)CC2)ccc1C#N. The minimum Gasteiger partial charge on any atom is -0.372 e. The largest absolute Gasteiger partial charge is 0.372 e. The van der Waals surface area contributed by atoms with Crippen LogP contribution in [0, 0.1) is 24.2 Å². The second-order valence-corrected chi connectivity index (χ2v) is 5.13. The number of nitriles is 1. The van der Waals surface area contributed by atoms with Crippen LogP contribution in [0.3, 0.4) is 0 Å². The summed E-state index contributed by atoms with van der Waals surface area (Å²) >= 11 is 0. The molecule has 17 heavy (non-hydrogen) atoms. The quantitative estimate of drug-likeness (QED) is 0.735. The van der Waals surface area contributed by atoms with Gasteiger partial charge in [-0.05, 0) is 55.9 Å². The molecule has 0 aromatic heterocycles. The Morgan fingerprint density at radius 3 is 2.82 bits per heavy atom. The molecule has 0 N–H and O–H groups in total. The lowest BCUT2D eigenvalue weighted by Gasteiger charge is -2.23. The van der Waals surface area contributed by atoms with Gasteiger partial charge in [0.05, 0.1) is 11.6 Å². The van der Waals surface area contributed by atoms with E-state index in [1.807, 2.05) is 13.0 Å². The van der Waals surface area contributed by atoms with Gasteiger partial charge in [-0.1, -0.05) is 6.92 Å². The Hall–Kier alpha value is -1.49. The number of aryl methyl sites for hydroxylation is 1. The van der Waals surface area contributed by atoms with Crippen LogP contribution >= 0.6 is 0 Å². The topological polar surface area (TPSA) is 27.0 Å². The lowest BCUT2D eigenvalue weighted by atomic mass is 10.0. The normalized spacial score (nSPS) is 20.8. The van der Waals surface area contributed by atoms with Crippen LogP contribution in [0.15, 0.2) is 18.2 Å². The molecule has 0 saturated carbocycles. The standard InChI is InChI=1S/C15H20N2/c1-12-4-3-8-17(9-7-12)15-6-5-14(11-16)13(2)10-15/h5-6,10,12H,3-4,7-9H2,1-2H3. The smallest absolute Gasteiger partial charge is 0.0994 e. The van der Waals surface area contributed by atoms with Crippen LogP contribution in [-0.4, -0.2) is 13.1 Å². The molecular weight excluding hydrogens is 208 g/mol. The third kappa shape index (κ3) is 2.79. The summed E-state index contributed by atoms with van der Waals surface area (Å²) in [6.07, 6.45) is 3.89. The molecule has 90 valence electrons. The van der Waals surface area contributed by atoms with Crippen molar-refractivity contribution in [2.45, 2.75) is 33.1 Å². The molecule has 1 saturated heterocycles. The second kappa shape index (κ2) is 5.23. The summed E-state index contributed by atoms with van der Waals surface area (Å²) < 4.78 is 0. The highest BCUT2D eigenvalue weighted by Gasteiger charge is 2.14. The van der Waals surface area contributed by atoms with E-state index in [1.54, 1.807) is 0 Å². The van der Waals surface area contributed by atoms with E-state index in [9.17, 15) is 0 Å². The van der Waals surface area contributed by atoms with Gasteiger partial charge in [-0.25, -0.2) is 0 Å². The minimum atomic E-state index is 0.789. The molecule has 1 unspecified atom stereocenters. The van der Waals surface area contributed by atoms with Crippen molar-refractivity contribution in [1.29, 1.82) is 5.26 Å². The Morgan fingerprint density at radius 1 is 1.29 bits per heavy atom. The fourth-order valence-electron chi connectivity index (χ4n) is 2.49. The molecule has 2 rings (SSSR count). The van der Waals surface area contributed by atoms with Gasteiger partial charge in [0.2, 0.25) is 0 Å². The first kappa shape index (κ1) is 12.0. The van der Waals surface area contributed by atoms with Crippen LogP contribution in [0.2, 0.25) is 0 Å². The van der Waals surface area contributed by atoms with E-state index >= 15 is 0 Å². The molecule has 1 fully saturated rings. The highest BCUT2D eigenvalue weighted by molar-refractivity contribution is 5.53. The summed E-state index contributed by atoms with van der Waals surface area (Å²) in [6.45, 7) is 6.65. The van der Waals surface area contributed by atoms with E-state index in [-0.39, 0.29) is 0 Å². The minimum absolute atomic E-state index is 0.789. The van der Waals surface area contributed by atoms with E-state index in [4.69, 9.17) is 5.26 Å². The fourth-order valence-corrected chi connectivity index (χ4v) is 2.49. The van der Waals surface area contributed by atoms with Crippen molar-refractivity contribution in [1.82, 2.24) is 0 Å². The molecule has 0 spiro atoms. The molecule has 1 aromatic carbocycles. The lowest BCUT2D eigenvalue weighted by molar-refractivity contribution is 0.521. The molecule has 1 atom stereocenters.